The Balaban J connectivity index is 0.00000210. The summed E-state index contributed by atoms with van der Waals surface area (Å²) >= 11 is 0. The molecule has 7 heteroatoms. The summed E-state index contributed by atoms with van der Waals surface area (Å²) in [5, 5.41) is 3.34. The number of ether oxygens (including phenoxy) is 1. The molecule has 0 bridgehead atoms. The topological polar surface area (TPSA) is 75.8 Å². The molecule has 0 spiro atoms. The SMILES string of the molecule is I.NC(=NCc1ccnc(N2CCCC2)c1)NC1CCOc2ccccc21. The fraction of sp³-hybridized carbons (Fsp3) is 0.400. The Hall–Kier alpha value is -2.03. The summed E-state index contributed by atoms with van der Waals surface area (Å²) in [6.07, 6.45) is 5.22. The van der Waals surface area contributed by atoms with Gasteiger partial charge in [0.15, 0.2) is 5.96 Å². The molecule has 144 valence electrons. The molecule has 3 heterocycles. The van der Waals surface area contributed by atoms with Crippen LogP contribution in [-0.4, -0.2) is 30.6 Å². The number of para-hydroxylation sites is 1. The summed E-state index contributed by atoms with van der Waals surface area (Å²) < 4.78 is 5.69. The van der Waals surface area contributed by atoms with Crippen LogP contribution >= 0.6 is 24.0 Å². The number of pyridine rings is 1. The Bertz CT molecular complexity index is 791. The highest BCUT2D eigenvalue weighted by atomic mass is 127. The molecule has 2 aliphatic rings. The quantitative estimate of drug-likeness (QED) is 0.400. The molecule has 2 aromatic rings. The number of nitrogens with two attached hydrogens (primary N) is 1. The van der Waals surface area contributed by atoms with Gasteiger partial charge in [0.05, 0.1) is 19.2 Å². The molecule has 1 fully saturated rings. The lowest BCUT2D eigenvalue weighted by Crippen LogP contribution is -2.37. The van der Waals surface area contributed by atoms with Gasteiger partial charge in [0.2, 0.25) is 0 Å². The first-order chi connectivity index (χ1) is 12.8. The van der Waals surface area contributed by atoms with Crippen molar-refractivity contribution < 1.29 is 4.74 Å². The summed E-state index contributed by atoms with van der Waals surface area (Å²) in [4.78, 5) is 11.3. The maximum absolute atomic E-state index is 6.14. The Morgan fingerprint density at radius 3 is 2.93 bits per heavy atom. The number of guanidine groups is 1. The van der Waals surface area contributed by atoms with Crippen LogP contribution in [0, 0.1) is 0 Å². The largest absolute Gasteiger partial charge is 0.493 e. The molecule has 1 atom stereocenters. The number of benzene rings is 1. The first kappa shape index (κ1) is 19.7. The van der Waals surface area contributed by atoms with Gasteiger partial charge in [-0.15, -0.1) is 24.0 Å². The standard InChI is InChI=1S/C20H25N5O.HI/c21-20(24-17-8-12-26-18-6-2-1-5-16(17)18)23-14-15-7-9-22-19(13-15)25-10-3-4-11-25;/h1-2,5-7,9,13,17H,3-4,8,10-12,14H2,(H3,21,23,24);1H. The number of rotatable bonds is 4. The summed E-state index contributed by atoms with van der Waals surface area (Å²) in [7, 11) is 0. The van der Waals surface area contributed by atoms with E-state index in [9.17, 15) is 0 Å². The predicted octanol–water partition coefficient (Wildman–Crippen LogP) is 3.23. The Morgan fingerprint density at radius 1 is 1.26 bits per heavy atom. The van der Waals surface area contributed by atoms with Crippen LogP contribution in [0.3, 0.4) is 0 Å². The number of nitrogens with one attached hydrogen (secondary N) is 1. The summed E-state index contributed by atoms with van der Waals surface area (Å²) in [6.45, 7) is 3.41. The molecule has 27 heavy (non-hydrogen) atoms. The van der Waals surface area contributed by atoms with Crippen LogP contribution in [0.1, 0.15) is 36.4 Å². The van der Waals surface area contributed by atoms with Crippen LogP contribution in [0.25, 0.3) is 0 Å². The minimum Gasteiger partial charge on any atom is -0.493 e. The molecule has 6 nitrogen and oxygen atoms in total. The highest BCUT2D eigenvalue weighted by Gasteiger charge is 2.21. The van der Waals surface area contributed by atoms with E-state index in [4.69, 9.17) is 10.5 Å². The first-order valence-electron chi connectivity index (χ1n) is 9.28. The lowest BCUT2D eigenvalue weighted by molar-refractivity contribution is 0.262. The third-order valence-corrected chi connectivity index (χ3v) is 4.95. The second-order valence-corrected chi connectivity index (χ2v) is 6.79. The normalized spacial score (nSPS) is 19.0. The van der Waals surface area contributed by atoms with E-state index in [2.05, 4.69) is 32.3 Å². The summed E-state index contributed by atoms with van der Waals surface area (Å²) in [5.74, 6) is 2.43. The number of halogens is 1. The monoisotopic (exact) mass is 479 g/mol. The maximum atomic E-state index is 6.14. The minimum atomic E-state index is 0. The number of nitrogens with zero attached hydrogens (tertiary/aromatic N) is 3. The Kier molecular flexibility index (Phi) is 6.76. The van der Waals surface area contributed by atoms with Crippen LogP contribution in [0.15, 0.2) is 47.6 Å². The zero-order valence-electron chi connectivity index (χ0n) is 15.3. The molecule has 0 aliphatic carbocycles. The van der Waals surface area contributed by atoms with Gasteiger partial charge in [-0.2, -0.15) is 0 Å². The average Bonchev–Trinajstić information content (AvgIpc) is 3.22. The van der Waals surface area contributed by atoms with E-state index in [0.29, 0.717) is 19.1 Å². The second-order valence-electron chi connectivity index (χ2n) is 6.79. The van der Waals surface area contributed by atoms with E-state index in [1.165, 1.54) is 12.8 Å². The van der Waals surface area contributed by atoms with Crippen LogP contribution in [0.5, 0.6) is 5.75 Å². The molecule has 1 aromatic carbocycles. The van der Waals surface area contributed by atoms with Gasteiger partial charge >= 0.3 is 0 Å². The van der Waals surface area contributed by atoms with Crippen LogP contribution in [0.2, 0.25) is 0 Å². The smallest absolute Gasteiger partial charge is 0.189 e. The zero-order chi connectivity index (χ0) is 17.8. The molecular weight excluding hydrogens is 453 g/mol. The highest BCUT2D eigenvalue weighted by Crippen LogP contribution is 2.31. The molecule has 2 aliphatic heterocycles. The van der Waals surface area contributed by atoms with Crippen LogP contribution in [0.4, 0.5) is 5.82 Å². The Labute approximate surface area is 177 Å². The van der Waals surface area contributed by atoms with Gasteiger partial charge in [-0.05, 0) is 36.6 Å². The molecule has 1 saturated heterocycles. The number of fused-ring (bicyclic) bond motifs is 1. The van der Waals surface area contributed by atoms with Crippen molar-refractivity contribution in [3.8, 4) is 5.75 Å². The van der Waals surface area contributed by atoms with E-state index >= 15 is 0 Å². The minimum absolute atomic E-state index is 0. The van der Waals surface area contributed by atoms with Gasteiger partial charge in [-0.25, -0.2) is 9.98 Å². The number of hydrogen-bond acceptors (Lipinski definition) is 4. The van der Waals surface area contributed by atoms with Gasteiger partial charge in [0, 0.05) is 31.3 Å². The number of anilines is 1. The molecule has 4 rings (SSSR count). The second kappa shape index (κ2) is 9.25. The predicted molar refractivity (Wildman–Crippen MR) is 119 cm³/mol. The number of aromatic nitrogens is 1. The molecule has 1 unspecified atom stereocenters. The fourth-order valence-corrected chi connectivity index (χ4v) is 3.57. The van der Waals surface area contributed by atoms with Crippen LogP contribution in [-0.2, 0) is 6.54 Å². The fourth-order valence-electron chi connectivity index (χ4n) is 3.57. The van der Waals surface area contributed by atoms with Gasteiger partial charge in [0.25, 0.3) is 0 Å². The van der Waals surface area contributed by atoms with Crippen molar-refractivity contribution in [2.24, 2.45) is 10.7 Å². The zero-order valence-corrected chi connectivity index (χ0v) is 17.6. The van der Waals surface area contributed by atoms with E-state index in [0.717, 1.165) is 42.2 Å². The summed E-state index contributed by atoms with van der Waals surface area (Å²) in [6, 6.07) is 12.3. The molecule has 0 saturated carbocycles. The van der Waals surface area contributed by atoms with Crippen LogP contribution < -0.4 is 20.7 Å². The van der Waals surface area contributed by atoms with Crippen molar-refractivity contribution in [2.45, 2.75) is 31.8 Å². The van der Waals surface area contributed by atoms with Crippen molar-refractivity contribution in [3.05, 3.63) is 53.7 Å². The summed E-state index contributed by atoms with van der Waals surface area (Å²) in [5.41, 5.74) is 8.40. The third kappa shape index (κ3) is 4.82. The molecular formula is C20H26IN5O. The molecule has 3 N–H and O–H groups in total. The molecule has 1 aromatic heterocycles. The van der Waals surface area contributed by atoms with Gasteiger partial charge < -0.3 is 20.7 Å². The van der Waals surface area contributed by atoms with Crippen molar-refractivity contribution in [2.75, 3.05) is 24.6 Å². The van der Waals surface area contributed by atoms with E-state index in [-0.39, 0.29) is 30.0 Å². The Morgan fingerprint density at radius 2 is 2.07 bits per heavy atom. The average molecular weight is 479 g/mol. The van der Waals surface area contributed by atoms with E-state index in [1.807, 2.05) is 30.5 Å². The number of hydrogen-bond donors (Lipinski definition) is 2. The van der Waals surface area contributed by atoms with Gasteiger partial charge in [-0.1, -0.05) is 18.2 Å². The molecule has 0 radical (unpaired) electrons. The van der Waals surface area contributed by atoms with Crippen molar-refractivity contribution in [3.63, 3.8) is 0 Å². The lowest BCUT2D eigenvalue weighted by Gasteiger charge is -2.26. The van der Waals surface area contributed by atoms with Crippen molar-refractivity contribution >= 4 is 35.8 Å². The maximum Gasteiger partial charge on any atom is 0.189 e. The third-order valence-electron chi connectivity index (χ3n) is 4.95. The van der Waals surface area contributed by atoms with E-state index < -0.39 is 0 Å². The van der Waals surface area contributed by atoms with Gasteiger partial charge in [-0.3, -0.25) is 0 Å². The van der Waals surface area contributed by atoms with Crippen molar-refractivity contribution in [1.29, 1.82) is 0 Å². The van der Waals surface area contributed by atoms with E-state index in [1.54, 1.807) is 0 Å². The highest BCUT2D eigenvalue weighted by molar-refractivity contribution is 14.0. The number of aliphatic imine (C=N–C) groups is 1. The van der Waals surface area contributed by atoms with Gasteiger partial charge in [0.1, 0.15) is 11.6 Å². The van der Waals surface area contributed by atoms with Crippen molar-refractivity contribution in [1.82, 2.24) is 10.3 Å². The first-order valence-corrected chi connectivity index (χ1v) is 9.28. The lowest BCUT2D eigenvalue weighted by atomic mass is 10.0. The molecule has 0 amide bonds.